The molecular formula is C19H19Cl2N3O2. The van der Waals surface area contributed by atoms with Gasteiger partial charge < -0.3 is 10.1 Å². The molecule has 3 aromatic rings. The molecule has 7 heteroatoms. The van der Waals surface area contributed by atoms with Crippen LogP contribution in [0.2, 0.25) is 10.0 Å². The van der Waals surface area contributed by atoms with E-state index >= 15 is 0 Å². The number of benzene rings is 1. The predicted octanol–water partition coefficient (Wildman–Crippen LogP) is 4.40. The average molecular weight is 392 g/mol. The number of amides is 1. The molecule has 1 aromatic carbocycles. The van der Waals surface area contributed by atoms with E-state index in [-0.39, 0.29) is 5.91 Å². The van der Waals surface area contributed by atoms with Crippen LogP contribution in [0.25, 0.3) is 5.65 Å². The molecule has 0 saturated heterocycles. The molecule has 136 valence electrons. The number of hydrogen-bond acceptors (Lipinski definition) is 3. The number of aromatic nitrogens is 2. The minimum absolute atomic E-state index is 0.192. The van der Waals surface area contributed by atoms with Gasteiger partial charge in [0, 0.05) is 11.2 Å². The van der Waals surface area contributed by atoms with Crippen LogP contribution in [0.4, 0.5) is 0 Å². The molecule has 0 saturated carbocycles. The number of hydrogen-bond donors (Lipinski definition) is 1. The summed E-state index contributed by atoms with van der Waals surface area (Å²) in [6.07, 6.45) is 3.34. The van der Waals surface area contributed by atoms with E-state index in [0.29, 0.717) is 40.3 Å². The summed E-state index contributed by atoms with van der Waals surface area (Å²) in [6.45, 7) is 2.79. The SMILES string of the molecule is CCCc1nc2ccc(Cl)cn2c1C(=O)NCCOc1ccc(Cl)cc1. The van der Waals surface area contributed by atoms with Crippen LogP contribution in [-0.4, -0.2) is 28.4 Å². The Kier molecular flexibility index (Phi) is 6.01. The third kappa shape index (κ3) is 4.29. The number of ether oxygens (including phenoxy) is 1. The molecule has 0 aliphatic carbocycles. The molecule has 2 heterocycles. The van der Waals surface area contributed by atoms with Gasteiger partial charge in [0.05, 0.1) is 17.3 Å². The number of carbonyl (C=O) groups is 1. The maximum absolute atomic E-state index is 12.7. The summed E-state index contributed by atoms with van der Waals surface area (Å²) < 4.78 is 7.33. The van der Waals surface area contributed by atoms with E-state index in [1.165, 1.54) is 0 Å². The lowest BCUT2D eigenvalue weighted by Crippen LogP contribution is -2.29. The van der Waals surface area contributed by atoms with Crippen molar-refractivity contribution in [1.29, 1.82) is 0 Å². The number of rotatable bonds is 7. The Morgan fingerprint density at radius 1 is 1.15 bits per heavy atom. The highest BCUT2D eigenvalue weighted by atomic mass is 35.5. The highest BCUT2D eigenvalue weighted by Crippen LogP contribution is 2.18. The second-order valence-corrected chi connectivity index (χ2v) is 6.66. The summed E-state index contributed by atoms with van der Waals surface area (Å²) in [6, 6.07) is 10.7. The summed E-state index contributed by atoms with van der Waals surface area (Å²) in [5.74, 6) is 0.514. The lowest BCUT2D eigenvalue weighted by Gasteiger charge is -2.09. The molecule has 26 heavy (non-hydrogen) atoms. The van der Waals surface area contributed by atoms with E-state index in [0.717, 1.165) is 18.5 Å². The molecule has 0 fully saturated rings. The van der Waals surface area contributed by atoms with E-state index in [1.54, 1.807) is 40.9 Å². The van der Waals surface area contributed by atoms with Crippen molar-refractivity contribution in [3.63, 3.8) is 0 Å². The Bertz CT molecular complexity index is 907. The Balaban J connectivity index is 1.67. The van der Waals surface area contributed by atoms with Crippen LogP contribution in [0.5, 0.6) is 5.75 Å². The summed E-state index contributed by atoms with van der Waals surface area (Å²) in [5, 5.41) is 4.09. The van der Waals surface area contributed by atoms with Crippen molar-refractivity contribution in [3.05, 3.63) is 64.0 Å². The minimum Gasteiger partial charge on any atom is -0.492 e. The van der Waals surface area contributed by atoms with E-state index in [9.17, 15) is 4.79 Å². The Hall–Kier alpha value is -2.24. The van der Waals surface area contributed by atoms with Gasteiger partial charge in [-0.25, -0.2) is 4.98 Å². The average Bonchev–Trinajstić information content (AvgIpc) is 2.97. The van der Waals surface area contributed by atoms with Gasteiger partial charge >= 0.3 is 0 Å². The Labute approximate surface area is 161 Å². The van der Waals surface area contributed by atoms with Gasteiger partial charge in [-0.3, -0.25) is 9.20 Å². The number of aryl methyl sites for hydroxylation is 1. The van der Waals surface area contributed by atoms with Crippen LogP contribution < -0.4 is 10.1 Å². The number of carbonyl (C=O) groups excluding carboxylic acids is 1. The molecular weight excluding hydrogens is 373 g/mol. The molecule has 2 aromatic heterocycles. The lowest BCUT2D eigenvalue weighted by atomic mass is 10.2. The van der Waals surface area contributed by atoms with Crippen molar-refractivity contribution in [3.8, 4) is 5.75 Å². The first-order valence-corrected chi connectivity index (χ1v) is 9.17. The number of imidazole rings is 1. The first-order chi connectivity index (χ1) is 12.6. The zero-order valence-electron chi connectivity index (χ0n) is 14.3. The fourth-order valence-electron chi connectivity index (χ4n) is 2.67. The normalized spacial score (nSPS) is 10.9. The first kappa shape index (κ1) is 18.5. The maximum Gasteiger partial charge on any atom is 0.270 e. The number of pyridine rings is 1. The topological polar surface area (TPSA) is 55.6 Å². The van der Waals surface area contributed by atoms with Gasteiger partial charge in [-0.05, 0) is 42.8 Å². The minimum atomic E-state index is -0.192. The fourth-order valence-corrected chi connectivity index (χ4v) is 2.95. The number of nitrogens with one attached hydrogen (secondary N) is 1. The summed E-state index contributed by atoms with van der Waals surface area (Å²) in [4.78, 5) is 17.2. The smallest absolute Gasteiger partial charge is 0.270 e. The fraction of sp³-hybridized carbons (Fsp3) is 0.263. The molecule has 3 rings (SSSR count). The lowest BCUT2D eigenvalue weighted by molar-refractivity contribution is 0.0940. The molecule has 0 radical (unpaired) electrons. The third-order valence-corrected chi connectivity index (χ3v) is 4.30. The molecule has 0 aliphatic heterocycles. The standard InChI is InChI=1S/C19H19Cl2N3O2/c1-2-3-16-18(24-12-14(21)6-9-17(24)23-16)19(25)22-10-11-26-15-7-4-13(20)5-8-15/h4-9,12H,2-3,10-11H2,1H3,(H,22,25). The molecule has 0 unspecified atom stereocenters. The quantitative estimate of drug-likeness (QED) is 0.607. The van der Waals surface area contributed by atoms with E-state index in [1.807, 2.05) is 6.07 Å². The van der Waals surface area contributed by atoms with Gasteiger partial charge in [-0.2, -0.15) is 0 Å². The zero-order valence-corrected chi connectivity index (χ0v) is 15.8. The molecule has 0 spiro atoms. The van der Waals surface area contributed by atoms with E-state index in [2.05, 4.69) is 17.2 Å². The highest BCUT2D eigenvalue weighted by molar-refractivity contribution is 6.30. The molecule has 0 bridgehead atoms. The summed E-state index contributed by atoms with van der Waals surface area (Å²) >= 11 is 11.9. The van der Waals surface area contributed by atoms with Gasteiger partial charge in [0.25, 0.3) is 5.91 Å². The zero-order chi connectivity index (χ0) is 18.5. The van der Waals surface area contributed by atoms with Crippen LogP contribution in [0.15, 0.2) is 42.6 Å². The van der Waals surface area contributed by atoms with E-state index < -0.39 is 0 Å². The Morgan fingerprint density at radius 2 is 1.88 bits per heavy atom. The predicted molar refractivity (Wildman–Crippen MR) is 103 cm³/mol. The highest BCUT2D eigenvalue weighted by Gasteiger charge is 2.18. The van der Waals surface area contributed by atoms with Crippen LogP contribution in [0, 0.1) is 0 Å². The molecule has 1 N–H and O–H groups in total. The molecule has 0 aliphatic rings. The van der Waals surface area contributed by atoms with Crippen molar-refractivity contribution >= 4 is 34.8 Å². The van der Waals surface area contributed by atoms with Crippen LogP contribution in [0.1, 0.15) is 29.5 Å². The summed E-state index contributed by atoms with van der Waals surface area (Å²) in [7, 11) is 0. The van der Waals surface area contributed by atoms with Gasteiger partial charge in [-0.1, -0.05) is 36.5 Å². The second kappa shape index (κ2) is 8.43. The molecule has 1 amide bonds. The van der Waals surface area contributed by atoms with Gasteiger partial charge in [-0.15, -0.1) is 0 Å². The Morgan fingerprint density at radius 3 is 2.62 bits per heavy atom. The van der Waals surface area contributed by atoms with Crippen molar-refractivity contribution in [2.24, 2.45) is 0 Å². The molecule has 5 nitrogen and oxygen atoms in total. The van der Waals surface area contributed by atoms with Gasteiger partial charge in [0.2, 0.25) is 0 Å². The largest absolute Gasteiger partial charge is 0.492 e. The number of fused-ring (bicyclic) bond motifs is 1. The molecule has 0 atom stereocenters. The summed E-state index contributed by atoms with van der Waals surface area (Å²) in [5.41, 5.74) is 2.00. The van der Waals surface area contributed by atoms with Crippen molar-refractivity contribution in [2.45, 2.75) is 19.8 Å². The van der Waals surface area contributed by atoms with Gasteiger partial charge in [0.15, 0.2) is 0 Å². The van der Waals surface area contributed by atoms with Crippen molar-refractivity contribution in [2.75, 3.05) is 13.2 Å². The van der Waals surface area contributed by atoms with Crippen LogP contribution >= 0.6 is 23.2 Å². The number of nitrogens with zero attached hydrogens (tertiary/aromatic N) is 2. The first-order valence-electron chi connectivity index (χ1n) is 8.41. The maximum atomic E-state index is 12.7. The monoisotopic (exact) mass is 391 g/mol. The van der Waals surface area contributed by atoms with Crippen LogP contribution in [-0.2, 0) is 6.42 Å². The van der Waals surface area contributed by atoms with Crippen molar-refractivity contribution in [1.82, 2.24) is 14.7 Å². The number of halogens is 2. The van der Waals surface area contributed by atoms with Gasteiger partial charge in [0.1, 0.15) is 23.7 Å². The second-order valence-electron chi connectivity index (χ2n) is 5.79. The third-order valence-electron chi connectivity index (χ3n) is 3.83. The van der Waals surface area contributed by atoms with E-state index in [4.69, 9.17) is 27.9 Å². The van der Waals surface area contributed by atoms with Crippen molar-refractivity contribution < 1.29 is 9.53 Å². The van der Waals surface area contributed by atoms with Crippen LogP contribution in [0.3, 0.4) is 0 Å².